The summed E-state index contributed by atoms with van der Waals surface area (Å²) in [5.74, 6) is 1.85. The first-order valence-electron chi connectivity index (χ1n) is 8.09. The molecule has 0 amide bonds. The number of rotatable bonds is 9. The highest BCUT2D eigenvalue weighted by atomic mass is 15.2. The van der Waals surface area contributed by atoms with E-state index in [1.807, 2.05) is 0 Å². The van der Waals surface area contributed by atoms with Crippen LogP contribution in [-0.2, 0) is 13.0 Å². The van der Waals surface area contributed by atoms with Gasteiger partial charge >= 0.3 is 0 Å². The van der Waals surface area contributed by atoms with Gasteiger partial charge in [-0.1, -0.05) is 34.1 Å². The summed E-state index contributed by atoms with van der Waals surface area (Å²) in [6.07, 6.45) is 2.21. The number of aromatic nitrogens is 1. The molecule has 3 nitrogen and oxygen atoms in total. The molecule has 0 aliphatic heterocycles. The Morgan fingerprint density at radius 2 is 1.95 bits per heavy atom. The van der Waals surface area contributed by atoms with Crippen LogP contribution < -0.4 is 10.2 Å². The van der Waals surface area contributed by atoms with Crippen molar-refractivity contribution in [3.05, 3.63) is 23.4 Å². The minimum atomic E-state index is 0.708. The molecule has 114 valence electrons. The van der Waals surface area contributed by atoms with Crippen molar-refractivity contribution >= 4 is 5.82 Å². The van der Waals surface area contributed by atoms with Crippen LogP contribution in [0.25, 0.3) is 0 Å². The van der Waals surface area contributed by atoms with E-state index in [4.69, 9.17) is 4.98 Å². The molecule has 1 rings (SSSR count). The molecular formula is C17H31N3. The normalized spacial score (nSPS) is 12.4. The number of hydrogen-bond acceptors (Lipinski definition) is 3. The predicted molar refractivity (Wildman–Crippen MR) is 88.3 cm³/mol. The summed E-state index contributed by atoms with van der Waals surface area (Å²) in [7, 11) is 0. The molecule has 1 aromatic heterocycles. The number of aryl methyl sites for hydroxylation is 1. The van der Waals surface area contributed by atoms with Crippen LogP contribution >= 0.6 is 0 Å². The summed E-state index contributed by atoms with van der Waals surface area (Å²) in [5.41, 5.74) is 2.54. The molecule has 0 aliphatic carbocycles. The van der Waals surface area contributed by atoms with E-state index in [0.717, 1.165) is 38.4 Å². The maximum Gasteiger partial charge on any atom is 0.129 e. The zero-order valence-corrected chi connectivity index (χ0v) is 13.9. The third-order valence-corrected chi connectivity index (χ3v) is 3.80. The van der Waals surface area contributed by atoms with Gasteiger partial charge in [0.2, 0.25) is 0 Å². The van der Waals surface area contributed by atoms with E-state index in [1.54, 1.807) is 0 Å². The van der Waals surface area contributed by atoms with Crippen molar-refractivity contribution in [3.63, 3.8) is 0 Å². The monoisotopic (exact) mass is 277 g/mol. The van der Waals surface area contributed by atoms with Crippen LogP contribution in [-0.4, -0.2) is 24.6 Å². The van der Waals surface area contributed by atoms with E-state index in [2.05, 4.69) is 57.0 Å². The van der Waals surface area contributed by atoms with E-state index in [0.29, 0.717) is 5.92 Å². The van der Waals surface area contributed by atoms with Gasteiger partial charge in [0.1, 0.15) is 5.82 Å². The van der Waals surface area contributed by atoms with Crippen LogP contribution in [0.2, 0.25) is 0 Å². The molecule has 0 saturated heterocycles. The maximum absolute atomic E-state index is 4.82. The lowest BCUT2D eigenvalue weighted by Gasteiger charge is -2.26. The maximum atomic E-state index is 4.82. The van der Waals surface area contributed by atoms with Crippen molar-refractivity contribution in [1.29, 1.82) is 0 Å². The quantitative estimate of drug-likeness (QED) is 0.747. The van der Waals surface area contributed by atoms with E-state index in [9.17, 15) is 0 Å². The molecule has 3 heteroatoms. The van der Waals surface area contributed by atoms with Crippen molar-refractivity contribution in [3.8, 4) is 0 Å². The lowest BCUT2D eigenvalue weighted by atomic mass is 10.1. The van der Waals surface area contributed by atoms with Gasteiger partial charge in [-0.25, -0.2) is 4.98 Å². The summed E-state index contributed by atoms with van der Waals surface area (Å²) < 4.78 is 0. The zero-order valence-electron chi connectivity index (χ0n) is 13.9. The van der Waals surface area contributed by atoms with Crippen LogP contribution in [0.3, 0.4) is 0 Å². The summed E-state index contributed by atoms with van der Waals surface area (Å²) in [6.45, 7) is 15.1. The minimum Gasteiger partial charge on any atom is -0.357 e. The summed E-state index contributed by atoms with van der Waals surface area (Å²) in [5, 5.41) is 3.41. The van der Waals surface area contributed by atoms with Crippen LogP contribution in [0.15, 0.2) is 12.1 Å². The number of pyridine rings is 1. The fraction of sp³-hybridized carbons (Fsp3) is 0.706. The van der Waals surface area contributed by atoms with Gasteiger partial charge < -0.3 is 10.2 Å². The predicted octanol–water partition coefficient (Wildman–Crippen LogP) is 3.63. The Kier molecular flexibility index (Phi) is 7.60. The average Bonchev–Trinajstić information content (AvgIpc) is 2.49. The second kappa shape index (κ2) is 8.96. The second-order valence-electron chi connectivity index (χ2n) is 5.51. The average molecular weight is 277 g/mol. The summed E-state index contributed by atoms with van der Waals surface area (Å²) in [6, 6.07) is 4.47. The molecule has 0 radical (unpaired) electrons. The zero-order chi connectivity index (χ0) is 15.0. The molecule has 1 N–H and O–H groups in total. The summed E-state index contributed by atoms with van der Waals surface area (Å²) in [4.78, 5) is 7.22. The van der Waals surface area contributed by atoms with Crippen LogP contribution in [0.1, 0.15) is 52.3 Å². The Labute approximate surface area is 124 Å². The van der Waals surface area contributed by atoms with E-state index < -0.39 is 0 Å². The second-order valence-corrected chi connectivity index (χ2v) is 5.51. The highest BCUT2D eigenvalue weighted by molar-refractivity contribution is 5.43. The Bertz CT molecular complexity index is 390. The third-order valence-electron chi connectivity index (χ3n) is 3.80. The first-order valence-corrected chi connectivity index (χ1v) is 8.09. The van der Waals surface area contributed by atoms with Gasteiger partial charge in [0.25, 0.3) is 0 Å². The Hall–Kier alpha value is -1.09. The van der Waals surface area contributed by atoms with Crippen molar-refractivity contribution < 1.29 is 0 Å². The fourth-order valence-corrected chi connectivity index (χ4v) is 2.24. The standard InChI is InChI=1S/C17H31N3/c1-6-14(5)13-20(9-4)17-11-15(12-18-8-3)10-16(7-2)19-17/h10-11,14,18H,6-9,12-13H2,1-5H3. The van der Waals surface area contributed by atoms with Gasteiger partial charge in [-0.2, -0.15) is 0 Å². The van der Waals surface area contributed by atoms with Crippen LogP contribution in [0.5, 0.6) is 0 Å². The van der Waals surface area contributed by atoms with Crippen LogP contribution in [0.4, 0.5) is 5.82 Å². The molecule has 1 aromatic rings. The van der Waals surface area contributed by atoms with E-state index >= 15 is 0 Å². The molecule has 1 unspecified atom stereocenters. The Morgan fingerprint density at radius 3 is 2.50 bits per heavy atom. The van der Waals surface area contributed by atoms with Gasteiger partial charge in [0.15, 0.2) is 0 Å². The fourth-order valence-electron chi connectivity index (χ4n) is 2.24. The SMILES string of the molecule is CCNCc1cc(CC)nc(N(CC)CC(C)CC)c1. The van der Waals surface area contributed by atoms with Gasteiger partial charge in [-0.15, -0.1) is 0 Å². The molecule has 0 spiro atoms. The molecular weight excluding hydrogens is 246 g/mol. The van der Waals surface area contributed by atoms with Gasteiger partial charge in [-0.05, 0) is 43.5 Å². The molecule has 0 bridgehead atoms. The molecule has 1 atom stereocenters. The molecule has 0 fully saturated rings. The highest BCUT2D eigenvalue weighted by Gasteiger charge is 2.11. The first-order chi connectivity index (χ1) is 9.64. The van der Waals surface area contributed by atoms with E-state index in [1.165, 1.54) is 17.7 Å². The minimum absolute atomic E-state index is 0.708. The van der Waals surface area contributed by atoms with Gasteiger partial charge in [0, 0.05) is 25.3 Å². The summed E-state index contributed by atoms with van der Waals surface area (Å²) >= 11 is 0. The third kappa shape index (κ3) is 5.12. The molecule has 20 heavy (non-hydrogen) atoms. The number of nitrogens with one attached hydrogen (secondary N) is 1. The van der Waals surface area contributed by atoms with E-state index in [-0.39, 0.29) is 0 Å². The highest BCUT2D eigenvalue weighted by Crippen LogP contribution is 2.18. The number of nitrogens with zero attached hydrogens (tertiary/aromatic N) is 2. The topological polar surface area (TPSA) is 28.2 Å². The van der Waals surface area contributed by atoms with Crippen molar-refractivity contribution in [1.82, 2.24) is 10.3 Å². The Morgan fingerprint density at radius 1 is 1.20 bits per heavy atom. The van der Waals surface area contributed by atoms with Gasteiger partial charge in [0.05, 0.1) is 0 Å². The molecule has 0 saturated carbocycles. The van der Waals surface area contributed by atoms with Crippen molar-refractivity contribution in [2.45, 2.75) is 54.0 Å². The van der Waals surface area contributed by atoms with Crippen LogP contribution in [0, 0.1) is 5.92 Å². The first kappa shape index (κ1) is 17.0. The number of anilines is 1. The largest absolute Gasteiger partial charge is 0.357 e. The van der Waals surface area contributed by atoms with Crippen molar-refractivity contribution in [2.24, 2.45) is 5.92 Å². The molecule has 0 aliphatic rings. The van der Waals surface area contributed by atoms with Crippen molar-refractivity contribution in [2.75, 3.05) is 24.5 Å². The lowest BCUT2D eigenvalue weighted by molar-refractivity contribution is 0.545. The Balaban J connectivity index is 2.94. The molecule has 1 heterocycles. The number of hydrogen-bond donors (Lipinski definition) is 1. The lowest BCUT2D eigenvalue weighted by Crippen LogP contribution is -2.29. The van der Waals surface area contributed by atoms with Gasteiger partial charge in [-0.3, -0.25) is 0 Å². The smallest absolute Gasteiger partial charge is 0.129 e. The molecule has 0 aromatic carbocycles.